The van der Waals surface area contributed by atoms with Gasteiger partial charge in [0.05, 0.1) is 0 Å². The van der Waals surface area contributed by atoms with E-state index in [1.165, 1.54) is 6.92 Å². The molecule has 0 aliphatic heterocycles. The van der Waals surface area contributed by atoms with E-state index in [0.717, 1.165) is 0 Å². The topological polar surface area (TPSA) is 43.4 Å². The van der Waals surface area contributed by atoms with Gasteiger partial charge in [-0.2, -0.15) is 0 Å². The van der Waals surface area contributed by atoms with Gasteiger partial charge in [0.1, 0.15) is 18.3 Å². The fraction of sp³-hybridized carbons (Fsp3) is 0.556. The molecule has 1 unspecified atom stereocenters. The lowest BCUT2D eigenvalue weighted by molar-refractivity contribution is -0.149. The molecule has 1 atom stereocenters. The van der Waals surface area contributed by atoms with E-state index >= 15 is 0 Å². The molecule has 3 nitrogen and oxygen atoms in total. The van der Waals surface area contributed by atoms with Crippen molar-refractivity contribution in [3.05, 3.63) is 12.2 Å². The van der Waals surface area contributed by atoms with Gasteiger partial charge in [-0.1, -0.05) is 12.2 Å². The highest BCUT2D eigenvalue weighted by Crippen LogP contribution is 1.99. The number of hydrogen-bond donors (Lipinski definition) is 0. The third-order valence-corrected chi connectivity index (χ3v) is 1.52. The maximum absolute atomic E-state index is 11.0. The largest absolute Gasteiger partial charge is 0.461 e. The van der Waals surface area contributed by atoms with Crippen molar-refractivity contribution in [1.29, 1.82) is 0 Å². The number of allylic oxidation sites excluding steroid dienone is 1. The Morgan fingerprint density at radius 2 is 2.08 bits per heavy atom. The molecule has 0 saturated heterocycles. The predicted octanol–water partition coefficient (Wildman–Crippen LogP) is 1.33. The zero-order chi connectivity index (χ0) is 9.56. The molecule has 0 spiro atoms. The average Bonchev–Trinajstić information content (AvgIpc) is 2.03. The molecule has 0 saturated carbocycles. The van der Waals surface area contributed by atoms with Crippen LogP contribution in [-0.4, -0.2) is 18.4 Å². The Morgan fingerprint density at radius 3 is 2.50 bits per heavy atom. The highest BCUT2D eigenvalue weighted by Gasteiger charge is 2.17. The Morgan fingerprint density at radius 1 is 1.50 bits per heavy atom. The molecular weight excluding hydrogens is 156 g/mol. The van der Waals surface area contributed by atoms with Crippen LogP contribution in [-0.2, 0) is 14.3 Å². The Labute approximate surface area is 72.4 Å². The molecule has 0 aromatic heterocycles. The minimum absolute atomic E-state index is 0.166. The fourth-order valence-electron chi connectivity index (χ4n) is 0.517. The number of Topliss-reactive ketones (excluding diaryl/α,β-unsaturated/α-hetero) is 1. The summed E-state index contributed by atoms with van der Waals surface area (Å²) in [4.78, 5) is 21.7. The van der Waals surface area contributed by atoms with Crippen LogP contribution < -0.4 is 0 Å². The highest BCUT2D eigenvalue weighted by atomic mass is 16.5. The van der Waals surface area contributed by atoms with Crippen LogP contribution in [0.4, 0.5) is 0 Å². The van der Waals surface area contributed by atoms with Gasteiger partial charge in [0.2, 0.25) is 0 Å². The Bertz CT molecular complexity index is 194. The van der Waals surface area contributed by atoms with Gasteiger partial charge in [0.25, 0.3) is 0 Å². The minimum atomic E-state index is -0.643. The second-order valence-corrected chi connectivity index (χ2v) is 2.53. The summed E-state index contributed by atoms with van der Waals surface area (Å²) in [5, 5.41) is 0. The molecule has 3 heteroatoms. The number of carbonyl (C=O) groups excluding carboxylic acids is 2. The molecule has 12 heavy (non-hydrogen) atoms. The van der Waals surface area contributed by atoms with Crippen LogP contribution in [0.25, 0.3) is 0 Å². The van der Waals surface area contributed by atoms with Crippen LogP contribution in [0, 0.1) is 5.92 Å². The van der Waals surface area contributed by atoms with Crippen LogP contribution in [0.15, 0.2) is 12.2 Å². The summed E-state index contributed by atoms with van der Waals surface area (Å²) in [5.74, 6) is -1.27. The molecule has 0 radical (unpaired) electrons. The number of hydrogen-bond acceptors (Lipinski definition) is 3. The summed E-state index contributed by atoms with van der Waals surface area (Å²) < 4.78 is 4.76. The van der Waals surface area contributed by atoms with E-state index in [4.69, 9.17) is 4.74 Å². The summed E-state index contributed by atoms with van der Waals surface area (Å²) in [5.41, 5.74) is 0. The van der Waals surface area contributed by atoms with Crippen LogP contribution in [0.5, 0.6) is 0 Å². The monoisotopic (exact) mass is 170 g/mol. The lowest BCUT2D eigenvalue weighted by atomic mass is 10.1. The van der Waals surface area contributed by atoms with E-state index in [1.54, 1.807) is 19.1 Å². The molecule has 0 aromatic carbocycles. The second kappa shape index (κ2) is 5.52. The van der Waals surface area contributed by atoms with Gasteiger partial charge in [-0.3, -0.25) is 9.59 Å². The van der Waals surface area contributed by atoms with Gasteiger partial charge >= 0.3 is 5.97 Å². The first-order chi connectivity index (χ1) is 5.59. The van der Waals surface area contributed by atoms with E-state index in [9.17, 15) is 9.59 Å². The van der Waals surface area contributed by atoms with Crippen molar-refractivity contribution in [2.45, 2.75) is 20.8 Å². The van der Waals surface area contributed by atoms with Gasteiger partial charge < -0.3 is 4.74 Å². The second-order valence-electron chi connectivity index (χ2n) is 2.53. The zero-order valence-electron chi connectivity index (χ0n) is 7.66. The van der Waals surface area contributed by atoms with E-state index < -0.39 is 11.9 Å². The van der Waals surface area contributed by atoms with E-state index in [-0.39, 0.29) is 12.4 Å². The van der Waals surface area contributed by atoms with Crippen molar-refractivity contribution < 1.29 is 14.3 Å². The van der Waals surface area contributed by atoms with Gasteiger partial charge in [0.15, 0.2) is 0 Å². The van der Waals surface area contributed by atoms with Crippen molar-refractivity contribution in [3.8, 4) is 0 Å². The van der Waals surface area contributed by atoms with Gasteiger partial charge in [0, 0.05) is 0 Å². The van der Waals surface area contributed by atoms with E-state index in [2.05, 4.69) is 0 Å². The van der Waals surface area contributed by atoms with Crippen molar-refractivity contribution in [3.63, 3.8) is 0 Å². The maximum Gasteiger partial charge on any atom is 0.316 e. The van der Waals surface area contributed by atoms with Gasteiger partial charge in [-0.15, -0.1) is 0 Å². The van der Waals surface area contributed by atoms with Crippen molar-refractivity contribution in [2.75, 3.05) is 6.61 Å². The molecule has 0 aliphatic rings. The number of rotatable bonds is 4. The Balaban J connectivity index is 3.80. The molecule has 0 fully saturated rings. The first kappa shape index (κ1) is 10.9. The summed E-state index contributed by atoms with van der Waals surface area (Å²) in [6.45, 7) is 5.00. The highest BCUT2D eigenvalue weighted by molar-refractivity contribution is 5.97. The zero-order valence-corrected chi connectivity index (χ0v) is 7.66. The third-order valence-electron chi connectivity index (χ3n) is 1.52. The minimum Gasteiger partial charge on any atom is -0.461 e. The van der Waals surface area contributed by atoms with Crippen molar-refractivity contribution in [2.24, 2.45) is 5.92 Å². The molecule has 0 aromatic rings. The Kier molecular flexibility index (Phi) is 5.00. The molecule has 0 bridgehead atoms. The lowest BCUT2D eigenvalue weighted by Gasteiger charge is -2.05. The lowest BCUT2D eigenvalue weighted by Crippen LogP contribution is -2.21. The Hall–Kier alpha value is -1.12. The molecule has 0 aliphatic carbocycles. The number of ketones is 1. The fourth-order valence-corrected chi connectivity index (χ4v) is 0.517. The molecule has 0 heterocycles. The quantitative estimate of drug-likeness (QED) is 0.363. The summed E-state index contributed by atoms with van der Waals surface area (Å²) in [7, 11) is 0. The standard InChI is InChI=1S/C9H14O3/c1-4-5-6-12-9(11)7(2)8(3)10/h4-5,7H,6H2,1-3H3. The summed E-state index contributed by atoms with van der Waals surface area (Å²) >= 11 is 0. The van der Waals surface area contributed by atoms with Crippen LogP contribution in [0.3, 0.4) is 0 Å². The summed E-state index contributed by atoms with van der Waals surface area (Å²) in [6.07, 6.45) is 3.50. The van der Waals surface area contributed by atoms with Crippen LogP contribution in [0.2, 0.25) is 0 Å². The first-order valence-corrected chi connectivity index (χ1v) is 3.87. The number of ether oxygens (including phenoxy) is 1. The molecule has 0 N–H and O–H groups in total. The molecular formula is C9H14O3. The van der Waals surface area contributed by atoms with Crippen LogP contribution in [0.1, 0.15) is 20.8 Å². The molecule has 0 amide bonds. The van der Waals surface area contributed by atoms with Gasteiger partial charge in [-0.05, 0) is 20.8 Å². The first-order valence-electron chi connectivity index (χ1n) is 3.87. The summed E-state index contributed by atoms with van der Waals surface area (Å²) in [6, 6.07) is 0. The number of esters is 1. The molecule has 0 rings (SSSR count). The molecule has 68 valence electrons. The third kappa shape index (κ3) is 3.91. The van der Waals surface area contributed by atoms with Crippen LogP contribution >= 0.6 is 0 Å². The normalized spacial score (nSPS) is 12.9. The predicted molar refractivity (Wildman–Crippen MR) is 45.6 cm³/mol. The average molecular weight is 170 g/mol. The number of carbonyl (C=O) groups is 2. The smallest absolute Gasteiger partial charge is 0.316 e. The van der Waals surface area contributed by atoms with E-state index in [0.29, 0.717) is 0 Å². The maximum atomic E-state index is 11.0. The van der Waals surface area contributed by atoms with Gasteiger partial charge in [-0.25, -0.2) is 0 Å². The van der Waals surface area contributed by atoms with Crippen molar-refractivity contribution in [1.82, 2.24) is 0 Å². The SMILES string of the molecule is CC=CCOC(=O)C(C)C(C)=O. The van der Waals surface area contributed by atoms with E-state index in [1.807, 2.05) is 6.92 Å². The van der Waals surface area contributed by atoms with Crippen molar-refractivity contribution >= 4 is 11.8 Å².